The molecule has 0 bridgehead atoms. The summed E-state index contributed by atoms with van der Waals surface area (Å²) in [5.41, 5.74) is 1.81. The second-order valence-corrected chi connectivity index (χ2v) is 6.81. The summed E-state index contributed by atoms with van der Waals surface area (Å²) in [6.45, 7) is 0.173. The summed E-state index contributed by atoms with van der Waals surface area (Å²) in [6.07, 6.45) is 6.48. The highest BCUT2D eigenvalue weighted by Crippen LogP contribution is 2.40. The number of carbonyl (C=O) groups excluding carboxylic acids is 2. The van der Waals surface area contributed by atoms with Gasteiger partial charge in [0.25, 0.3) is 11.7 Å². The molecule has 30 heavy (non-hydrogen) atoms. The Balaban J connectivity index is 1.85. The second kappa shape index (κ2) is 8.16. The average Bonchev–Trinajstić information content (AvgIpc) is 3.05. The highest BCUT2D eigenvalue weighted by Gasteiger charge is 2.46. The number of benzene rings is 1. The van der Waals surface area contributed by atoms with Crippen LogP contribution in [-0.2, 0) is 16.1 Å². The van der Waals surface area contributed by atoms with E-state index in [0.717, 1.165) is 5.56 Å². The predicted octanol–water partition coefficient (Wildman–Crippen LogP) is 3.11. The first kappa shape index (κ1) is 19.3. The van der Waals surface area contributed by atoms with Crippen LogP contribution in [0.2, 0.25) is 0 Å². The number of ether oxygens (including phenoxy) is 1. The first-order valence-corrected chi connectivity index (χ1v) is 9.32. The minimum atomic E-state index is -0.773. The van der Waals surface area contributed by atoms with Crippen LogP contribution in [0.5, 0.6) is 5.75 Å². The molecular weight excluding hydrogens is 382 g/mol. The van der Waals surface area contributed by atoms with Crippen LogP contribution in [-0.4, -0.2) is 38.8 Å². The summed E-state index contributed by atoms with van der Waals surface area (Å²) in [5, 5.41) is 11.0. The number of aromatic nitrogens is 2. The molecule has 3 heterocycles. The third-order valence-electron chi connectivity index (χ3n) is 4.96. The number of ketones is 1. The number of aliphatic hydroxyl groups excluding tert-OH is 1. The van der Waals surface area contributed by atoms with Crippen LogP contribution in [0, 0.1) is 0 Å². The molecule has 7 heteroatoms. The Morgan fingerprint density at radius 2 is 1.83 bits per heavy atom. The molecule has 2 aromatic heterocycles. The number of methoxy groups -OCH3 is 1. The van der Waals surface area contributed by atoms with Crippen LogP contribution in [0.4, 0.5) is 0 Å². The van der Waals surface area contributed by atoms with Gasteiger partial charge in [0.1, 0.15) is 11.5 Å². The van der Waals surface area contributed by atoms with Gasteiger partial charge in [0.15, 0.2) is 0 Å². The summed E-state index contributed by atoms with van der Waals surface area (Å²) in [6, 6.07) is 13.0. The molecule has 1 amide bonds. The lowest BCUT2D eigenvalue weighted by molar-refractivity contribution is -0.140. The molecule has 1 saturated heterocycles. The van der Waals surface area contributed by atoms with Gasteiger partial charge >= 0.3 is 0 Å². The van der Waals surface area contributed by atoms with Gasteiger partial charge in [-0.1, -0.05) is 24.3 Å². The fraction of sp³-hybridized carbons (Fsp3) is 0.130. The van der Waals surface area contributed by atoms with Crippen LogP contribution < -0.4 is 4.74 Å². The van der Waals surface area contributed by atoms with Crippen molar-refractivity contribution in [3.05, 3.63) is 95.6 Å². The van der Waals surface area contributed by atoms with Gasteiger partial charge in [0.2, 0.25) is 0 Å². The number of carbonyl (C=O) groups is 2. The maximum absolute atomic E-state index is 13.0. The topological polar surface area (TPSA) is 92.6 Å². The van der Waals surface area contributed by atoms with E-state index in [-0.39, 0.29) is 17.9 Å². The van der Waals surface area contributed by atoms with E-state index in [1.165, 1.54) is 12.0 Å². The largest absolute Gasteiger partial charge is 0.507 e. The van der Waals surface area contributed by atoms with Gasteiger partial charge in [-0.25, -0.2) is 0 Å². The van der Waals surface area contributed by atoms with Gasteiger partial charge in [-0.05, 0) is 35.4 Å². The number of hydrogen-bond donors (Lipinski definition) is 1. The van der Waals surface area contributed by atoms with Crippen molar-refractivity contribution in [2.45, 2.75) is 12.6 Å². The maximum atomic E-state index is 13.0. The maximum Gasteiger partial charge on any atom is 0.295 e. The molecule has 0 saturated carbocycles. The Morgan fingerprint density at radius 1 is 1.07 bits per heavy atom. The monoisotopic (exact) mass is 401 g/mol. The number of rotatable bonds is 5. The molecule has 1 aliphatic heterocycles. The van der Waals surface area contributed by atoms with Crippen LogP contribution in [0.15, 0.2) is 78.9 Å². The van der Waals surface area contributed by atoms with Crippen molar-refractivity contribution >= 4 is 17.4 Å². The standard InChI is InChI=1S/C23H19N3O4/c1-30-18-8-2-6-16(11-18)21(27)19-20(17-7-4-10-25-13-17)26(23(29)22(19)28)14-15-5-3-9-24-12-15/h2-13,20,27H,14H2,1H3/b21-19-. The van der Waals surface area contributed by atoms with Gasteiger partial charge in [0.05, 0.1) is 18.7 Å². The molecule has 1 fully saturated rings. The van der Waals surface area contributed by atoms with Gasteiger partial charge in [-0.15, -0.1) is 0 Å². The van der Waals surface area contributed by atoms with Gasteiger partial charge in [-0.2, -0.15) is 0 Å². The van der Waals surface area contributed by atoms with E-state index < -0.39 is 17.7 Å². The smallest absolute Gasteiger partial charge is 0.295 e. The molecular formula is C23H19N3O4. The molecule has 0 aliphatic carbocycles. The van der Waals surface area contributed by atoms with Crippen molar-refractivity contribution in [2.24, 2.45) is 0 Å². The molecule has 0 spiro atoms. The minimum Gasteiger partial charge on any atom is -0.507 e. The van der Waals surface area contributed by atoms with Crippen molar-refractivity contribution in [1.29, 1.82) is 0 Å². The average molecular weight is 401 g/mol. The van der Waals surface area contributed by atoms with E-state index in [1.54, 1.807) is 67.3 Å². The van der Waals surface area contributed by atoms with E-state index in [4.69, 9.17) is 4.74 Å². The Hall–Kier alpha value is -4.00. The quantitative estimate of drug-likeness (QED) is 0.401. The lowest BCUT2D eigenvalue weighted by Gasteiger charge is -2.25. The van der Waals surface area contributed by atoms with E-state index in [9.17, 15) is 14.7 Å². The number of amides is 1. The van der Waals surface area contributed by atoms with Gasteiger partial charge in [0, 0.05) is 36.9 Å². The first-order valence-electron chi connectivity index (χ1n) is 9.32. The van der Waals surface area contributed by atoms with Crippen molar-refractivity contribution in [2.75, 3.05) is 7.11 Å². The van der Waals surface area contributed by atoms with E-state index in [0.29, 0.717) is 16.9 Å². The summed E-state index contributed by atoms with van der Waals surface area (Å²) in [5.74, 6) is -1.15. The fourth-order valence-electron chi connectivity index (χ4n) is 3.54. The molecule has 4 rings (SSSR count). The van der Waals surface area contributed by atoms with Crippen LogP contribution in [0.1, 0.15) is 22.7 Å². The van der Waals surface area contributed by atoms with E-state index >= 15 is 0 Å². The van der Waals surface area contributed by atoms with Crippen LogP contribution >= 0.6 is 0 Å². The molecule has 1 aliphatic rings. The van der Waals surface area contributed by atoms with Crippen molar-refractivity contribution in [3.8, 4) is 5.75 Å². The number of aliphatic hydroxyl groups is 1. The Bertz CT molecular complexity index is 1110. The van der Waals surface area contributed by atoms with Crippen LogP contribution in [0.25, 0.3) is 5.76 Å². The normalized spacial score (nSPS) is 17.9. The van der Waals surface area contributed by atoms with Crippen molar-refractivity contribution in [1.82, 2.24) is 14.9 Å². The summed E-state index contributed by atoms with van der Waals surface area (Å²) in [7, 11) is 1.52. The molecule has 0 radical (unpaired) electrons. The minimum absolute atomic E-state index is 0.0187. The molecule has 7 nitrogen and oxygen atoms in total. The SMILES string of the molecule is COc1cccc(/C(O)=C2/C(=O)C(=O)N(Cc3cccnc3)C2c2cccnc2)c1. The van der Waals surface area contributed by atoms with Gasteiger partial charge in [-0.3, -0.25) is 19.6 Å². The molecule has 1 N–H and O–H groups in total. The van der Waals surface area contributed by atoms with E-state index in [1.807, 2.05) is 6.07 Å². The Labute approximate surface area is 173 Å². The molecule has 3 aromatic rings. The number of pyridine rings is 2. The Morgan fingerprint density at radius 3 is 2.50 bits per heavy atom. The third-order valence-corrected chi connectivity index (χ3v) is 4.96. The highest BCUT2D eigenvalue weighted by atomic mass is 16.5. The molecule has 1 unspecified atom stereocenters. The Kier molecular flexibility index (Phi) is 5.26. The van der Waals surface area contributed by atoms with E-state index in [2.05, 4.69) is 9.97 Å². The summed E-state index contributed by atoms with van der Waals surface area (Å²) < 4.78 is 5.21. The fourth-order valence-corrected chi connectivity index (χ4v) is 3.54. The number of hydrogen-bond acceptors (Lipinski definition) is 6. The van der Waals surface area contributed by atoms with Crippen molar-refractivity contribution in [3.63, 3.8) is 0 Å². The summed E-state index contributed by atoms with van der Waals surface area (Å²) in [4.78, 5) is 35.6. The highest BCUT2D eigenvalue weighted by molar-refractivity contribution is 6.46. The first-order chi connectivity index (χ1) is 14.6. The zero-order chi connectivity index (χ0) is 21.1. The lowest BCUT2D eigenvalue weighted by atomic mass is 9.96. The number of Topliss-reactive ketones (excluding diaryl/α,β-unsaturated/α-hetero) is 1. The zero-order valence-electron chi connectivity index (χ0n) is 16.2. The molecule has 150 valence electrons. The lowest BCUT2D eigenvalue weighted by Crippen LogP contribution is -2.29. The molecule has 1 aromatic carbocycles. The summed E-state index contributed by atoms with van der Waals surface area (Å²) >= 11 is 0. The zero-order valence-corrected chi connectivity index (χ0v) is 16.2. The van der Waals surface area contributed by atoms with Crippen molar-refractivity contribution < 1.29 is 19.4 Å². The number of nitrogens with zero attached hydrogens (tertiary/aromatic N) is 3. The van der Waals surface area contributed by atoms with Crippen LogP contribution in [0.3, 0.4) is 0 Å². The predicted molar refractivity (Wildman–Crippen MR) is 109 cm³/mol. The third kappa shape index (κ3) is 3.53. The molecule has 1 atom stereocenters. The van der Waals surface area contributed by atoms with Gasteiger partial charge < -0.3 is 14.7 Å². The number of likely N-dealkylation sites (tertiary alicyclic amines) is 1. The second-order valence-electron chi connectivity index (χ2n) is 6.81.